The first-order valence-electron chi connectivity index (χ1n) is 6.61. The van der Waals surface area contributed by atoms with Gasteiger partial charge >= 0.3 is 5.97 Å². The molecule has 0 radical (unpaired) electrons. The van der Waals surface area contributed by atoms with Crippen LogP contribution in [0.4, 0.5) is 5.69 Å². The molecular weight excluding hydrogens is 288 g/mol. The highest BCUT2D eigenvalue weighted by atomic mass is 32.1. The Bertz CT molecular complexity index is 611. The van der Waals surface area contributed by atoms with Crippen molar-refractivity contribution in [1.29, 1.82) is 0 Å². The Labute approximate surface area is 126 Å². The Balaban J connectivity index is 1.85. The molecule has 21 heavy (non-hydrogen) atoms. The number of nitrogens with one attached hydrogen (secondary N) is 1. The van der Waals surface area contributed by atoms with Gasteiger partial charge in [0.15, 0.2) is 0 Å². The molecule has 2 aromatic rings. The Morgan fingerprint density at radius 3 is 2.81 bits per heavy atom. The van der Waals surface area contributed by atoms with Crippen molar-refractivity contribution in [2.75, 3.05) is 5.32 Å². The smallest absolute Gasteiger partial charge is 0.303 e. The first-order valence-corrected chi connectivity index (χ1v) is 7.55. The van der Waals surface area contributed by atoms with Gasteiger partial charge in [-0.3, -0.25) is 9.59 Å². The van der Waals surface area contributed by atoms with Gasteiger partial charge in [-0.2, -0.15) is 0 Å². The van der Waals surface area contributed by atoms with Gasteiger partial charge in [-0.05, 0) is 30.5 Å². The molecule has 0 fully saturated rings. The van der Waals surface area contributed by atoms with Gasteiger partial charge in [0.05, 0.1) is 11.2 Å². The average molecular weight is 304 g/mol. The van der Waals surface area contributed by atoms with E-state index in [9.17, 15) is 9.59 Å². The van der Waals surface area contributed by atoms with E-state index in [0.717, 1.165) is 11.3 Å². The second-order valence-electron chi connectivity index (χ2n) is 4.62. The molecule has 1 aromatic carbocycles. The van der Waals surface area contributed by atoms with E-state index in [0.29, 0.717) is 24.9 Å². The summed E-state index contributed by atoms with van der Waals surface area (Å²) in [6.07, 6.45) is 1.54. The summed E-state index contributed by atoms with van der Waals surface area (Å²) in [5.41, 5.74) is 4.26. The van der Waals surface area contributed by atoms with Crippen molar-refractivity contribution < 1.29 is 14.7 Å². The highest BCUT2D eigenvalue weighted by Gasteiger charge is 2.05. The van der Waals surface area contributed by atoms with Gasteiger partial charge in [0, 0.05) is 23.9 Å². The predicted octanol–water partition coefficient (Wildman–Crippen LogP) is 2.73. The quantitative estimate of drug-likeness (QED) is 0.824. The van der Waals surface area contributed by atoms with Crippen LogP contribution in [0.1, 0.15) is 24.1 Å². The average Bonchev–Trinajstić information content (AvgIpc) is 2.97. The zero-order chi connectivity index (χ0) is 15.1. The van der Waals surface area contributed by atoms with Gasteiger partial charge in [-0.25, -0.2) is 4.98 Å². The number of aryl methyl sites for hydroxylation is 2. The van der Waals surface area contributed by atoms with E-state index >= 15 is 0 Å². The molecular formula is C15H16N2O3S. The summed E-state index contributed by atoms with van der Waals surface area (Å²) < 4.78 is 0. The molecule has 6 heteroatoms. The lowest BCUT2D eigenvalue weighted by Gasteiger charge is -2.06. The van der Waals surface area contributed by atoms with Crippen molar-refractivity contribution >= 4 is 28.9 Å². The molecule has 0 aliphatic heterocycles. The molecule has 2 rings (SSSR count). The summed E-state index contributed by atoms with van der Waals surface area (Å²) in [6.45, 7) is 0. The van der Waals surface area contributed by atoms with Gasteiger partial charge < -0.3 is 10.4 Å². The maximum Gasteiger partial charge on any atom is 0.303 e. The van der Waals surface area contributed by atoms with E-state index in [4.69, 9.17) is 5.11 Å². The van der Waals surface area contributed by atoms with Crippen LogP contribution in [0.2, 0.25) is 0 Å². The van der Waals surface area contributed by atoms with Crippen LogP contribution in [0.25, 0.3) is 0 Å². The second kappa shape index (κ2) is 7.54. The molecule has 2 N–H and O–H groups in total. The summed E-state index contributed by atoms with van der Waals surface area (Å²) in [7, 11) is 0. The number of aliphatic carboxylic acids is 1. The Hall–Kier alpha value is -2.21. The van der Waals surface area contributed by atoms with Crippen LogP contribution >= 0.6 is 11.3 Å². The van der Waals surface area contributed by atoms with Crippen LogP contribution < -0.4 is 5.32 Å². The molecule has 0 bridgehead atoms. The van der Waals surface area contributed by atoms with Crippen molar-refractivity contribution in [2.45, 2.75) is 25.7 Å². The lowest BCUT2D eigenvalue weighted by atomic mass is 10.1. The van der Waals surface area contributed by atoms with E-state index in [1.165, 1.54) is 11.3 Å². The monoisotopic (exact) mass is 304 g/mol. The lowest BCUT2D eigenvalue weighted by Crippen LogP contribution is -2.12. The first-order chi connectivity index (χ1) is 10.1. The lowest BCUT2D eigenvalue weighted by molar-refractivity contribution is -0.137. The first kappa shape index (κ1) is 15.2. The van der Waals surface area contributed by atoms with E-state index in [1.54, 1.807) is 11.6 Å². The molecule has 1 heterocycles. The van der Waals surface area contributed by atoms with Crippen molar-refractivity contribution in [3.05, 3.63) is 46.4 Å². The highest BCUT2D eigenvalue weighted by molar-refractivity contribution is 7.07. The maximum absolute atomic E-state index is 11.9. The maximum atomic E-state index is 11.9. The second-order valence-corrected chi connectivity index (χ2v) is 5.34. The Morgan fingerprint density at radius 1 is 1.24 bits per heavy atom. The molecule has 1 amide bonds. The fourth-order valence-corrected chi connectivity index (χ4v) is 2.47. The fourth-order valence-electron chi connectivity index (χ4n) is 1.88. The summed E-state index contributed by atoms with van der Waals surface area (Å²) in [4.78, 5) is 26.5. The van der Waals surface area contributed by atoms with Gasteiger partial charge in [-0.1, -0.05) is 12.1 Å². The fraction of sp³-hybridized carbons (Fsp3) is 0.267. The molecule has 1 aromatic heterocycles. The normalized spacial score (nSPS) is 10.3. The van der Waals surface area contributed by atoms with Crippen LogP contribution in [0.3, 0.4) is 0 Å². The molecule has 5 nitrogen and oxygen atoms in total. The number of rotatable bonds is 7. The number of carboxylic acids is 1. The molecule has 0 saturated carbocycles. The van der Waals surface area contributed by atoms with Crippen molar-refractivity contribution in [3.63, 3.8) is 0 Å². The number of thiazole rings is 1. The van der Waals surface area contributed by atoms with Gasteiger partial charge in [0.1, 0.15) is 0 Å². The van der Waals surface area contributed by atoms with Gasteiger partial charge in [0.2, 0.25) is 5.91 Å². The summed E-state index contributed by atoms with van der Waals surface area (Å²) in [5, 5.41) is 13.4. The van der Waals surface area contributed by atoms with E-state index in [2.05, 4.69) is 10.3 Å². The predicted molar refractivity (Wildman–Crippen MR) is 81.5 cm³/mol. The van der Waals surface area contributed by atoms with Gasteiger partial charge in [-0.15, -0.1) is 11.3 Å². The number of carbonyl (C=O) groups excluding carboxylic acids is 1. The zero-order valence-electron chi connectivity index (χ0n) is 11.4. The van der Waals surface area contributed by atoms with Gasteiger partial charge in [0.25, 0.3) is 0 Å². The largest absolute Gasteiger partial charge is 0.481 e. The third-order valence-corrected chi connectivity index (χ3v) is 3.57. The molecule has 0 spiro atoms. The topological polar surface area (TPSA) is 79.3 Å². The van der Waals surface area contributed by atoms with Crippen LogP contribution in [0, 0.1) is 0 Å². The number of anilines is 1. The Morgan fingerprint density at radius 2 is 2.10 bits per heavy atom. The zero-order valence-corrected chi connectivity index (χ0v) is 12.2. The number of hydrogen-bond donors (Lipinski definition) is 2. The number of aromatic nitrogens is 1. The van der Waals surface area contributed by atoms with E-state index in [1.807, 2.05) is 23.6 Å². The van der Waals surface area contributed by atoms with Crippen molar-refractivity contribution in [2.24, 2.45) is 0 Å². The number of amides is 1. The Kier molecular flexibility index (Phi) is 5.45. The van der Waals surface area contributed by atoms with Crippen LogP contribution in [0.5, 0.6) is 0 Å². The number of carboxylic acid groups (broad SMARTS) is 1. The van der Waals surface area contributed by atoms with Crippen molar-refractivity contribution in [3.8, 4) is 0 Å². The number of nitrogens with zero attached hydrogens (tertiary/aromatic N) is 1. The SMILES string of the molecule is O=C(O)CCc1cccc(NC(=O)CCc2cscn2)c1. The summed E-state index contributed by atoms with van der Waals surface area (Å²) >= 11 is 1.51. The summed E-state index contributed by atoms with van der Waals surface area (Å²) in [5.74, 6) is -0.897. The molecule has 0 unspecified atom stereocenters. The molecule has 110 valence electrons. The van der Waals surface area contributed by atoms with Crippen LogP contribution in [-0.4, -0.2) is 22.0 Å². The molecule has 0 aliphatic rings. The minimum absolute atomic E-state index is 0.0709. The highest BCUT2D eigenvalue weighted by Crippen LogP contribution is 2.13. The van der Waals surface area contributed by atoms with Crippen molar-refractivity contribution in [1.82, 2.24) is 4.98 Å². The number of hydrogen-bond acceptors (Lipinski definition) is 4. The number of benzene rings is 1. The van der Waals surface area contributed by atoms with Crippen LogP contribution in [0.15, 0.2) is 35.2 Å². The molecule has 0 atom stereocenters. The van der Waals surface area contributed by atoms with Crippen LogP contribution in [-0.2, 0) is 22.4 Å². The molecule has 0 saturated heterocycles. The minimum atomic E-state index is -0.826. The molecule has 0 aliphatic carbocycles. The number of carbonyl (C=O) groups is 2. The summed E-state index contributed by atoms with van der Waals surface area (Å²) in [6, 6.07) is 7.27. The minimum Gasteiger partial charge on any atom is -0.481 e. The third kappa shape index (κ3) is 5.35. The standard InChI is InChI=1S/C15H16N2O3S/c18-14(6-5-13-9-21-10-16-13)17-12-3-1-2-11(8-12)4-7-15(19)20/h1-3,8-10H,4-7H2,(H,17,18)(H,19,20). The third-order valence-electron chi connectivity index (χ3n) is 2.93. The van der Waals surface area contributed by atoms with E-state index in [-0.39, 0.29) is 12.3 Å². The van der Waals surface area contributed by atoms with E-state index < -0.39 is 5.97 Å².